The first-order chi connectivity index (χ1) is 6.22. The van der Waals surface area contributed by atoms with E-state index in [-0.39, 0.29) is 0 Å². The van der Waals surface area contributed by atoms with E-state index in [2.05, 4.69) is 12.6 Å². The number of hydrogen-bond donors (Lipinski definition) is 1. The molecule has 0 fully saturated rings. The molecule has 0 unspecified atom stereocenters. The van der Waals surface area contributed by atoms with E-state index in [4.69, 9.17) is 14.7 Å². The normalized spacial score (nSPS) is 9.08. The molecule has 0 saturated carbocycles. The predicted octanol–water partition coefficient (Wildman–Crippen LogP) is 1.86. The minimum atomic E-state index is 0.442. The van der Waals surface area contributed by atoms with Crippen LogP contribution in [0, 0.1) is 11.3 Å². The van der Waals surface area contributed by atoms with Crippen LogP contribution in [-0.2, 0) is 0 Å². The fourth-order valence-electron chi connectivity index (χ4n) is 0.969. The van der Waals surface area contributed by atoms with E-state index in [1.54, 1.807) is 12.1 Å². The van der Waals surface area contributed by atoms with Crippen molar-refractivity contribution in [2.75, 3.05) is 14.2 Å². The average molecular weight is 195 g/mol. The Morgan fingerprint density at radius 2 is 1.85 bits per heavy atom. The average Bonchev–Trinajstić information content (AvgIpc) is 2.17. The molecule has 0 bridgehead atoms. The first kappa shape index (κ1) is 9.75. The van der Waals surface area contributed by atoms with Gasteiger partial charge in [-0.1, -0.05) is 0 Å². The van der Waals surface area contributed by atoms with Crippen LogP contribution in [0.25, 0.3) is 0 Å². The van der Waals surface area contributed by atoms with Crippen molar-refractivity contribution < 1.29 is 9.47 Å². The van der Waals surface area contributed by atoms with Crippen LogP contribution in [0.1, 0.15) is 5.56 Å². The van der Waals surface area contributed by atoms with Crippen LogP contribution in [0.5, 0.6) is 11.5 Å². The van der Waals surface area contributed by atoms with Gasteiger partial charge in [-0.15, -0.1) is 12.6 Å². The van der Waals surface area contributed by atoms with Gasteiger partial charge < -0.3 is 9.47 Å². The Morgan fingerprint density at radius 3 is 2.31 bits per heavy atom. The quantitative estimate of drug-likeness (QED) is 0.732. The first-order valence-corrected chi connectivity index (χ1v) is 4.02. The summed E-state index contributed by atoms with van der Waals surface area (Å²) in [4.78, 5) is 0.651. The molecule has 13 heavy (non-hydrogen) atoms. The molecular weight excluding hydrogens is 186 g/mol. The van der Waals surface area contributed by atoms with Crippen molar-refractivity contribution in [2.45, 2.75) is 4.90 Å². The molecule has 0 aliphatic heterocycles. The molecule has 3 nitrogen and oxygen atoms in total. The molecular formula is C9H9NO2S. The van der Waals surface area contributed by atoms with Crippen LogP contribution in [0.3, 0.4) is 0 Å². The highest BCUT2D eigenvalue weighted by Gasteiger charge is 2.07. The van der Waals surface area contributed by atoms with Gasteiger partial charge in [0.25, 0.3) is 0 Å². The minimum Gasteiger partial charge on any atom is -0.496 e. The standard InChI is InChI=1S/C9H9NO2S/c1-11-7-4-9(13)8(12-2)3-6(7)5-10/h3-4,13H,1-2H3. The van der Waals surface area contributed by atoms with Crippen molar-refractivity contribution in [3.8, 4) is 17.6 Å². The lowest BCUT2D eigenvalue weighted by Gasteiger charge is -2.07. The lowest BCUT2D eigenvalue weighted by Crippen LogP contribution is -1.91. The van der Waals surface area contributed by atoms with Crippen molar-refractivity contribution in [3.63, 3.8) is 0 Å². The second-order valence-electron chi connectivity index (χ2n) is 2.34. The SMILES string of the molecule is COc1cc(C#N)c(OC)cc1S. The van der Waals surface area contributed by atoms with Gasteiger partial charge in [-0.2, -0.15) is 5.26 Å². The Morgan fingerprint density at radius 1 is 1.23 bits per heavy atom. The lowest BCUT2D eigenvalue weighted by molar-refractivity contribution is 0.393. The molecule has 0 spiro atoms. The number of rotatable bonds is 2. The molecule has 0 radical (unpaired) electrons. The van der Waals surface area contributed by atoms with E-state index in [9.17, 15) is 0 Å². The van der Waals surface area contributed by atoms with E-state index in [0.717, 1.165) is 0 Å². The van der Waals surface area contributed by atoms with Crippen molar-refractivity contribution in [1.82, 2.24) is 0 Å². The van der Waals surface area contributed by atoms with Crippen molar-refractivity contribution in [3.05, 3.63) is 17.7 Å². The van der Waals surface area contributed by atoms with Gasteiger partial charge in [0.05, 0.1) is 24.7 Å². The van der Waals surface area contributed by atoms with Gasteiger partial charge in [0.2, 0.25) is 0 Å². The molecule has 1 aromatic rings. The molecule has 0 aromatic heterocycles. The molecule has 0 saturated heterocycles. The Balaban J connectivity index is 3.28. The third-order valence-electron chi connectivity index (χ3n) is 1.62. The molecule has 0 aliphatic carbocycles. The van der Waals surface area contributed by atoms with Crippen molar-refractivity contribution >= 4 is 12.6 Å². The van der Waals surface area contributed by atoms with Crippen LogP contribution in [0.2, 0.25) is 0 Å². The van der Waals surface area contributed by atoms with Gasteiger partial charge in [-0.25, -0.2) is 0 Å². The Kier molecular flexibility index (Phi) is 3.04. The summed E-state index contributed by atoms with van der Waals surface area (Å²) in [5, 5.41) is 8.75. The highest BCUT2D eigenvalue weighted by atomic mass is 32.1. The topological polar surface area (TPSA) is 42.2 Å². The Hall–Kier alpha value is -1.34. The van der Waals surface area contributed by atoms with E-state index in [1.807, 2.05) is 6.07 Å². The largest absolute Gasteiger partial charge is 0.496 e. The summed E-state index contributed by atoms with van der Waals surface area (Å²) in [6.07, 6.45) is 0. The maximum absolute atomic E-state index is 8.75. The number of ether oxygens (including phenoxy) is 2. The molecule has 0 aliphatic rings. The van der Waals surface area contributed by atoms with Gasteiger partial charge in [0, 0.05) is 6.07 Å². The van der Waals surface area contributed by atoms with Gasteiger partial charge >= 0.3 is 0 Å². The number of benzene rings is 1. The summed E-state index contributed by atoms with van der Waals surface area (Å²) >= 11 is 4.17. The maximum Gasteiger partial charge on any atom is 0.138 e. The molecule has 0 heterocycles. The number of hydrogen-bond acceptors (Lipinski definition) is 4. The molecule has 0 N–H and O–H groups in total. The molecule has 68 valence electrons. The third kappa shape index (κ3) is 1.87. The number of nitriles is 1. The highest BCUT2D eigenvalue weighted by molar-refractivity contribution is 7.80. The van der Waals surface area contributed by atoms with Crippen LogP contribution < -0.4 is 9.47 Å². The van der Waals surface area contributed by atoms with E-state index >= 15 is 0 Å². The summed E-state index contributed by atoms with van der Waals surface area (Å²) in [5.74, 6) is 1.08. The molecule has 4 heteroatoms. The van der Waals surface area contributed by atoms with Crippen LogP contribution in [0.15, 0.2) is 17.0 Å². The summed E-state index contributed by atoms with van der Waals surface area (Å²) in [7, 11) is 3.04. The number of methoxy groups -OCH3 is 2. The Bertz CT molecular complexity index is 357. The monoisotopic (exact) mass is 195 g/mol. The minimum absolute atomic E-state index is 0.442. The fourth-order valence-corrected chi connectivity index (χ4v) is 1.24. The van der Waals surface area contributed by atoms with Crippen molar-refractivity contribution in [2.24, 2.45) is 0 Å². The summed E-state index contributed by atoms with van der Waals surface area (Å²) in [5.41, 5.74) is 0.442. The van der Waals surface area contributed by atoms with Crippen molar-refractivity contribution in [1.29, 1.82) is 5.26 Å². The molecule has 1 rings (SSSR count). The van der Waals surface area contributed by atoms with Crippen LogP contribution in [0.4, 0.5) is 0 Å². The number of nitrogens with zero attached hydrogens (tertiary/aromatic N) is 1. The highest BCUT2D eigenvalue weighted by Crippen LogP contribution is 2.30. The van der Waals surface area contributed by atoms with Gasteiger partial charge in [-0.05, 0) is 6.07 Å². The summed E-state index contributed by atoms with van der Waals surface area (Å²) in [6.45, 7) is 0. The van der Waals surface area contributed by atoms with Crippen LogP contribution >= 0.6 is 12.6 Å². The zero-order valence-corrected chi connectivity index (χ0v) is 8.26. The zero-order valence-electron chi connectivity index (χ0n) is 7.37. The van der Waals surface area contributed by atoms with Gasteiger partial charge in [-0.3, -0.25) is 0 Å². The lowest BCUT2D eigenvalue weighted by atomic mass is 10.2. The smallest absolute Gasteiger partial charge is 0.138 e. The van der Waals surface area contributed by atoms with E-state index in [0.29, 0.717) is 22.0 Å². The molecule has 0 amide bonds. The second-order valence-corrected chi connectivity index (χ2v) is 2.82. The maximum atomic E-state index is 8.75. The van der Waals surface area contributed by atoms with Crippen LogP contribution in [-0.4, -0.2) is 14.2 Å². The fraction of sp³-hybridized carbons (Fsp3) is 0.222. The molecule has 0 atom stereocenters. The van der Waals surface area contributed by atoms with Gasteiger partial charge in [0.1, 0.15) is 17.6 Å². The summed E-state index contributed by atoms with van der Waals surface area (Å²) < 4.78 is 9.99. The predicted molar refractivity (Wildman–Crippen MR) is 51.5 cm³/mol. The summed E-state index contributed by atoms with van der Waals surface area (Å²) in [6, 6.07) is 5.26. The van der Waals surface area contributed by atoms with Gasteiger partial charge in [0.15, 0.2) is 0 Å². The number of thiol groups is 1. The zero-order chi connectivity index (χ0) is 9.84. The molecule has 1 aromatic carbocycles. The van der Waals surface area contributed by atoms with E-state index < -0.39 is 0 Å². The second kappa shape index (κ2) is 4.06. The van der Waals surface area contributed by atoms with E-state index in [1.165, 1.54) is 14.2 Å². The third-order valence-corrected chi connectivity index (χ3v) is 1.97. The Labute approximate surface area is 82.3 Å². The first-order valence-electron chi connectivity index (χ1n) is 3.58.